The molecule has 1 aromatic rings. The number of carbonyl (C=O) groups excluding carboxylic acids is 1. The van der Waals surface area contributed by atoms with Gasteiger partial charge in [0.25, 0.3) is 5.91 Å². The van der Waals surface area contributed by atoms with E-state index in [1.54, 1.807) is 0 Å². The second-order valence-electron chi connectivity index (χ2n) is 4.63. The van der Waals surface area contributed by atoms with Crippen LogP contribution in [0.4, 0.5) is 0 Å². The molecule has 0 spiro atoms. The standard InChI is InChI=1S/C14H21N3O.2ClH/c1-2-16-7-9-17(10-8-16)14(18)13-5-3-12(11-15)4-6-13;;/h3-6H,2,7-11,15H2,1H3;2*1H. The van der Waals surface area contributed by atoms with Gasteiger partial charge in [0.05, 0.1) is 0 Å². The summed E-state index contributed by atoms with van der Waals surface area (Å²) in [5.74, 6) is 0.134. The Balaban J connectivity index is 0.00000180. The van der Waals surface area contributed by atoms with E-state index in [1.165, 1.54) is 0 Å². The van der Waals surface area contributed by atoms with Gasteiger partial charge in [0.2, 0.25) is 0 Å². The molecule has 0 aliphatic carbocycles. The average Bonchev–Trinajstić information content (AvgIpc) is 2.47. The average molecular weight is 320 g/mol. The monoisotopic (exact) mass is 319 g/mol. The van der Waals surface area contributed by atoms with Gasteiger partial charge < -0.3 is 15.5 Å². The van der Waals surface area contributed by atoms with Crippen molar-refractivity contribution in [1.82, 2.24) is 9.80 Å². The largest absolute Gasteiger partial charge is 0.336 e. The lowest BCUT2D eigenvalue weighted by atomic mass is 10.1. The molecule has 1 aliphatic rings. The highest BCUT2D eigenvalue weighted by molar-refractivity contribution is 5.94. The number of rotatable bonds is 3. The van der Waals surface area contributed by atoms with Gasteiger partial charge in [0, 0.05) is 38.3 Å². The molecule has 6 heteroatoms. The number of benzene rings is 1. The molecule has 1 aromatic carbocycles. The molecule has 4 nitrogen and oxygen atoms in total. The Bertz CT molecular complexity index is 403. The Morgan fingerprint density at radius 3 is 2.10 bits per heavy atom. The smallest absolute Gasteiger partial charge is 0.253 e. The molecule has 0 bridgehead atoms. The molecule has 1 fully saturated rings. The van der Waals surface area contributed by atoms with E-state index in [2.05, 4.69) is 11.8 Å². The van der Waals surface area contributed by atoms with Crippen molar-refractivity contribution < 1.29 is 4.79 Å². The number of amides is 1. The zero-order valence-electron chi connectivity index (χ0n) is 11.7. The quantitative estimate of drug-likeness (QED) is 0.923. The van der Waals surface area contributed by atoms with E-state index in [-0.39, 0.29) is 30.7 Å². The maximum atomic E-state index is 12.3. The lowest BCUT2D eigenvalue weighted by Gasteiger charge is -2.34. The van der Waals surface area contributed by atoms with E-state index in [0.29, 0.717) is 6.54 Å². The lowest BCUT2D eigenvalue weighted by Crippen LogP contribution is -2.48. The van der Waals surface area contributed by atoms with Crippen molar-refractivity contribution in [3.63, 3.8) is 0 Å². The molecule has 0 saturated carbocycles. The zero-order chi connectivity index (χ0) is 13.0. The van der Waals surface area contributed by atoms with Crippen LogP contribution >= 0.6 is 24.8 Å². The molecular formula is C14H23Cl2N3O. The van der Waals surface area contributed by atoms with E-state index in [0.717, 1.165) is 43.9 Å². The van der Waals surface area contributed by atoms with Crippen LogP contribution in [0.2, 0.25) is 0 Å². The molecule has 114 valence electrons. The summed E-state index contributed by atoms with van der Waals surface area (Å²) in [6.45, 7) is 7.34. The van der Waals surface area contributed by atoms with Crippen LogP contribution in [0.25, 0.3) is 0 Å². The fraction of sp³-hybridized carbons (Fsp3) is 0.500. The molecule has 1 amide bonds. The normalized spacial score (nSPS) is 15.2. The molecule has 0 aromatic heterocycles. The number of halogens is 2. The van der Waals surface area contributed by atoms with E-state index in [1.807, 2.05) is 29.2 Å². The highest BCUT2D eigenvalue weighted by atomic mass is 35.5. The van der Waals surface area contributed by atoms with Gasteiger partial charge in [-0.3, -0.25) is 4.79 Å². The van der Waals surface area contributed by atoms with Crippen LogP contribution in [-0.4, -0.2) is 48.4 Å². The fourth-order valence-electron chi connectivity index (χ4n) is 2.23. The molecule has 2 rings (SSSR count). The second kappa shape index (κ2) is 9.19. The summed E-state index contributed by atoms with van der Waals surface area (Å²) in [4.78, 5) is 16.6. The van der Waals surface area contributed by atoms with Gasteiger partial charge in [-0.25, -0.2) is 0 Å². The van der Waals surface area contributed by atoms with Crippen molar-refractivity contribution in [2.45, 2.75) is 13.5 Å². The number of nitrogens with zero attached hydrogens (tertiary/aromatic N) is 2. The van der Waals surface area contributed by atoms with Crippen LogP contribution in [0.5, 0.6) is 0 Å². The Morgan fingerprint density at radius 2 is 1.65 bits per heavy atom. The van der Waals surface area contributed by atoms with Crippen molar-refractivity contribution in [3.8, 4) is 0 Å². The SMILES string of the molecule is CCN1CCN(C(=O)c2ccc(CN)cc2)CC1.Cl.Cl. The first-order chi connectivity index (χ1) is 8.74. The van der Waals surface area contributed by atoms with Crippen molar-refractivity contribution >= 4 is 30.7 Å². The van der Waals surface area contributed by atoms with Gasteiger partial charge in [0.1, 0.15) is 0 Å². The van der Waals surface area contributed by atoms with E-state index in [9.17, 15) is 4.79 Å². The minimum absolute atomic E-state index is 0. The number of piperazine rings is 1. The molecule has 1 heterocycles. The topological polar surface area (TPSA) is 49.6 Å². The third kappa shape index (κ3) is 4.63. The van der Waals surface area contributed by atoms with E-state index in [4.69, 9.17) is 5.73 Å². The Hall–Kier alpha value is -0.810. The number of likely N-dealkylation sites (N-methyl/N-ethyl adjacent to an activating group) is 1. The lowest BCUT2D eigenvalue weighted by molar-refractivity contribution is 0.0643. The Morgan fingerprint density at radius 1 is 1.10 bits per heavy atom. The molecule has 0 radical (unpaired) electrons. The van der Waals surface area contributed by atoms with Crippen molar-refractivity contribution in [3.05, 3.63) is 35.4 Å². The van der Waals surface area contributed by atoms with E-state index >= 15 is 0 Å². The van der Waals surface area contributed by atoms with Gasteiger partial charge in [0.15, 0.2) is 0 Å². The minimum Gasteiger partial charge on any atom is -0.336 e. The molecule has 20 heavy (non-hydrogen) atoms. The molecule has 1 aliphatic heterocycles. The van der Waals surface area contributed by atoms with Crippen LogP contribution in [0, 0.1) is 0 Å². The minimum atomic E-state index is 0. The highest BCUT2D eigenvalue weighted by Crippen LogP contribution is 2.10. The Labute approximate surface area is 133 Å². The summed E-state index contributed by atoms with van der Waals surface area (Å²) in [7, 11) is 0. The third-order valence-electron chi connectivity index (χ3n) is 3.54. The number of carbonyl (C=O) groups is 1. The molecule has 2 N–H and O–H groups in total. The number of hydrogen-bond acceptors (Lipinski definition) is 3. The summed E-state index contributed by atoms with van der Waals surface area (Å²) in [6.07, 6.45) is 0. The van der Waals surface area contributed by atoms with Crippen molar-refractivity contribution in [2.75, 3.05) is 32.7 Å². The van der Waals surface area contributed by atoms with Crippen molar-refractivity contribution in [2.24, 2.45) is 5.73 Å². The van der Waals surface area contributed by atoms with Gasteiger partial charge >= 0.3 is 0 Å². The summed E-state index contributed by atoms with van der Waals surface area (Å²) in [5.41, 5.74) is 7.37. The van der Waals surface area contributed by atoms with Crippen LogP contribution in [0.3, 0.4) is 0 Å². The highest BCUT2D eigenvalue weighted by Gasteiger charge is 2.20. The van der Waals surface area contributed by atoms with Crippen LogP contribution in [-0.2, 0) is 6.54 Å². The van der Waals surface area contributed by atoms with Gasteiger partial charge in [-0.1, -0.05) is 19.1 Å². The van der Waals surface area contributed by atoms with Gasteiger partial charge in [-0.15, -0.1) is 24.8 Å². The fourth-order valence-corrected chi connectivity index (χ4v) is 2.23. The predicted octanol–water partition coefficient (Wildman–Crippen LogP) is 1.77. The summed E-state index contributed by atoms with van der Waals surface area (Å²) < 4.78 is 0. The zero-order valence-corrected chi connectivity index (χ0v) is 13.4. The predicted molar refractivity (Wildman–Crippen MR) is 86.8 cm³/mol. The maximum absolute atomic E-state index is 12.3. The van der Waals surface area contributed by atoms with Gasteiger partial charge in [-0.2, -0.15) is 0 Å². The third-order valence-corrected chi connectivity index (χ3v) is 3.54. The molecular weight excluding hydrogens is 297 g/mol. The summed E-state index contributed by atoms with van der Waals surface area (Å²) in [5, 5.41) is 0. The first-order valence-electron chi connectivity index (χ1n) is 6.55. The van der Waals surface area contributed by atoms with Crippen LogP contribution in [0.15, 0.2) is 24.3 Å². The van der Waals surface area contributed by atoms with Gasteiger partial charge in [-0.05, 0) is 24.2 Å². The maximum Gasteiger partial charge on any atom is 0.253 e. The summed E-state index contributed by atoms with van der Waals surface area (Å²) in [6, 6.07) is 7.60. The molecule has 1 saturated heterocycles. The molecule has 0 unspecified atom stereocenters. The van der Waals surface area contributed by atoms with Crippen LogP contribution in [0.1, 0.15) is 22.8 Å². The Kier molecular flexibility index (Phi) is 8.81. The van der Waals surface area contributed by atoms with Crippen LogP contribution < -0.4 is 5.73 Å². The molecule has 0 atom stereocenters. The van der Waals surface area contributed by atoms with Crippen molar-refractivity contribution in [1.29, 1.82) is 0 Å². The summed E-state index contributed by atoms with van der Waals surface area (Å²) >= 11 is 0. The first-order valence-corrected chi connectivity index (χ1v) is 6.55. The number of hydrogen-bond donors (Lipinski definition) is 1. The number of nitrogens with two attached hydrogens (primary N) is 1. The first kappa shape index (κ1) is 19.2. The van der Waals surface area contributed by atoms with E-state index < -0.39 is 0 Å². The second-order valence-corrected chi connectivity index (χ2v) is 4.63.